The van der Waals surface area contributed by atoms with Crippen LogP contribution in [0.4, 0.5) is 5.69 Å². The van der Waals surface area contributed by atoms with Crippen molar-refractivity contribution >= 4 is 27.4 Å². The second kappa shape index (κ2) is 4.70. The summed E-state index contributed by atoms with van der Waals surface area (Å²) in [5.74, 6) is 0.771. The van der Waals surface area contributed by atoms with Gasteiger partial charge in [0.2, 0.25) is 0 Å². The fraction of sp³-hybridized carbons (Fsp3) is 0.278. The van der Waals surface area contributed by atoms with Crippen LogP contribution in [0, 0.1) is 0 Å². The molecule has 0 aromatic heterocycles. The molecule has 2 bridgehead atoms. The third-order valence-corrected chi connectivity index (χ3v) is 5.52. The lowest BCUT2D eigenvalue weighted by atomic mass is 9.66. The van der Waals surface area contributed by atoms with Crippen LogP contribution in [0.1, 0.15) is 36.3 Å². The second-order valence-electron chi connectivity index (χ2n) is 5.96. The van der Waals surface area contributed by atoms with E-state index in [1.54, 1.807) is 0 Å². The molecule has 2 nitrogen and oxygen atoms in total. The Labute approximate surface area is 132 Å². The third-order valence-electron chi connectivity index (χ3n) is 4.83. The molecule has 2 aliphatic rings. The van der Waals surface area contributed by atoms with Crippen LogP contribution in [0.25, 0.3) is 0 Å². The molecule has 0 radical (unpaired) electrons. The lowest BCUT2D eigenvalue weighted by Crippen LogP contribution is -2.50. The van der Waals surface area contributed by atoms with Gasteiger partial charge in [0.1, 0.15) is 5.54 Å². The van der Waals surface area contributed by atoms with Gasteiger partial charge in [-0.25, -0.2) is 0 Å². The number of ketones is 1. The minimum absolute atomic E-state index is 0.306. The summed E-state index contributed by atoms with van der Waals surface area (Å²) in [5, 5.41) is 3.57. The number of hydrogen-bond donors (Lipinski definition) is 1. The number of para-hydroxylation sites is 1. The van der Waals surface area contributed by atoms with Gasteiger partial charge < -0.3 is 5.32 Å². The fourth-order valence-electron chi connectivity index (χ4n) is 3.82. The topological polar surface area (TPSA) is 29.1 Å². The zero-order valence-corrected chi connectivity index (χ0v) is 13.2. The number of halogens is 1. The van der Waals surface area contributed by atoms with Gasteiger partial charge >= 0.3 is 0 Å². The van der Waals surface area contributed by atoms with E-state index < -0.39 is 5.54 Å². The molecule has 0 saturated heterocycles. The van der Waals surface area contributed by atoms with Gasteiger partial charge in [-0.1, -0.05) is 52.3 Å². The first-order valence-corrected chi connectivity index (χ1v) is 8.15. The molecule has 0 spiro atoms. The third kappa shape index (κ3) is 1.87. The van der Waals surface area contributed by atoms with E-state index in [-0.39, 0.29) is 0 Å². The molecule has 2 aromatic carbocycles. The van der Waals surface area contributed by atoms with Gasteiger partial charge in [-0.3, -0.25) is 4.79 Å². The Morgan fingerprint density at radius 3 is 2.71 bits per heavy atom. The van der Waals surface area contributed by atoms with Gasteiger partial charge in [-0.05, 0) is 42.0 Å². The first-order valence-electron chi connectivity index (χ1n) is 7.36. The van der Waals surface area contributed by atoms with Gasteiger partial charge in [0.25, 0.3) is 0 Å². The standard InChI is InChI=1S/C18H16BrNO/c19-15-7-3-2-6-14(15)18-11-12(9-10-17(18)21)13-5-1-4-8-16(13)20-18/h1-8,12,20H,9-11H2/t12-,18+/m0/s1. The fourth-order valence-corrected chi connectivity index (χ4v) is 4.45. The van der Waals surface area contributed by atoms with Crippen molar-refractivity contribution in [1.29, 1.82) is 0 Å². The maximum Gasteiger partial charge on any atom is 0.162 e. The lowest BCUT2D eigenvalue weighted by Gasteiger charge is -2.46. The molecule has 1 fully saturated rings. The van der Waals surface area contributed by atoms with Crippen molar-refractivity contribution in [2.75, 3.05) is 5.32 Å². The highest BCUT2D eigenvalue weighted by atomic mass is 79.9. The van der Waals surface area contributed by atoms with Gasteiger partial charge in [0, 0.05) is 16.6 Å². The van der Waals surface area contributed by atoms with Gasteiger partial charge in [0.15, 0.2) is 5.78 Å². The number of benzene rings is 2. The van der Waals surface area contributed by atoms with E-state index in [1.165, 1.54) is 5.56 Å². The molecule has 3 heteroatoms. The molecule has 1 saturated carbocycles. The van der Waals surface area contributed by atoms with Crippen molar-refractivity contribution in [3.05, 3.63) is 64.1 Å². The molecule has 1 aliphatic carbocycles. The Bertz CT molecular complexity index is 727. The van der Waals surface area contributed by atoms with E-state index in [9.17, 15) is 4.79 Å². The highest BCUT2D eigenvalue weighted by Crippen LogP contribution is 2.51. The first kappa shape index (κ1) is 13.1. The van der Waals surface area contributed by atoms with Crippen molar-refractivity contribution in [2.24, 2.45) is 0 Å². The van der Waals surface area contributed by atoms with Gasteiger partial charge in [-0.2, -0.15) is 0 Å². The maximum absolute atomic E-state index is 12.8. The SMILES string of the molecule is O=C1CC[C@H]2C[C@]1(c1ccccc1Br)Nc1ccccc12. The van der Waals surface area contributed by atoms with Crippen LogP contribution < -0.4 is 5.32 Å². The monoisotopic (exact) mass is 341 g/mol. The zero-order chi connectivity index (χ0) is 14.4. The summed E-state index contributed by atoms with van der Waals surface area (Å²) in [5.41, 5.74) is 2.96. The quantitative estimate of drug-likeness (QED) is 0.820. The van der Waals surface area contributed by atoms with Crippen molar-refractivity contribution in [2.45, 2.75) is 30.7 Å². The summed E-state index contributed by atoms with van der Waals surface area (Å²) < 4.78 is 1.01. The number of rotatable bonds is 1. The van der Waals surface area contributed by atoms with E-state index in [2.05, 4.69) is 45.5 Å². The van der Waals surface area contributed by atoms with Gasteiger partial charge in [0.05, 0.1) is 0 Å². The van der Waals surface area contributed by atoms with E-state index in [0.29, 0.717) is 18.1 Å². The Hall–Kier alpha value is -1.61. The summed E-state index contributed by atoms with van der Waals surface area (Å²) >= 11 is 3.63. The molecule has 1 N–H and O–H groups in total. The summed E-state index contributed by atoms with van der Waals surface area (Å²) in [6, 6.07) is 16.5. The number of Topliss-reactive ketones (excluding diaryl/α,β-unsaturated/α-hetero) is 1. The summed E-state index contributed by atoms with van der Waals surface area (Å²) in [4.78, 5) is 12.8. The minimum Gasteiger partial charge on any atom is -0.369 e. The first-order chi connectivity index (χ1) is 10.2. The van der Waals surface area contributed by atoms with Crippen molar-refractivity contribution in [3.8, 4) is 0 Å². The van der Waals surface area contributed by atoms with E-state index in [0.717, 1.165) is 28.6 Å². The molecule has 21 heavy (non-hydrogen) atoms. The maximum atomic E-state index is 12.8. The van der Waals surface area contributed by atoms with E-state index in [4.69, 9.17) is 0 Å². The molecule has 0 unspecified atom stereocenters. The van der Waals surface area contributed by atoms with Gasteiger partial charge in [-0.15, -0.1) is 0 Å². The number of fused-ring (bicyclic) bond motifs is 4. The Morgan fingerprint density at radius 1 is 1.10 bits per heavy atom. The average Bonchev–Trinajstić information content (AvgIpc) is 2.51. The summed E-state index contributed by atoms with van der Waals surface area (Å²) in [6.45, 7) is 0. The van der Waals surface area contributed by atoms with E-state index in [1.807, 2.05) is 24.3 Å². The lowest BCUT2D eigenvalue weighted by molar-refractivity contribution is -0.126. The second-order valence-corrected chi connectivity index (χ2v) is 6.81. The molecule has 4 rings (SSSR count). The largest absolute Gasteiger partial charge is 0.369 e. The molecular formula is C18H16BrNO. The van der Waals surface area contributed by atoms with Crippen LogP contribution in [0.5, 0.6) is 0 Å². The molecule has 0 amide bonds. The molecule has 1 heterocycles. The Morgan fingerprint density at radius 2 is 1.86 bits per heavy atom. The van der Waals surface area contributed by atoms with Crippen LogP contribution >= 0.6 is 15.9 Å². The predicted octanol–water partition coefficient (Wildman–Crippen LogP) is 4.61. The molecule has 1 aliphatic heterocycles. The Balaban J connectivity index is 1.92. The number of nitrogens with one attached hydrogen (secondary N) is 1. The molecule has 106 valence electrons. The van der Waals surface area contributed by atoms with Crippen LogP contribution in [-0.2, 0) is 10.3 Å². The highest BCUT2D eigenvalue weighted by Gasteiger charge is 2.49. The zero-order valence-electron chi connectivity index (χ0n) is 11.6. The smallest absolute Gasteiger partial charge is 0.162 e. The number of anilines is 1. The number of carbonyl (C=O) groups is 1. The average molecular weight is 342 g/mol. The molecule has 2 atom stereocenters. The number of hydrogen-bond acceptors (Lipinski definition) is 2. The van der Waals surface area contributed by atoms with E-state index >= 15 is 0 Å². The van der Waals surface area contributed by atoms with Crippen molar-refractivity contribution < 1.29 is 4.79 Å². The van der Waals surface area contributed by atoms with Crippen LogP contribution in [-0.4, -0.2) is 5.78 Å². The van der Waals surface area contributed by atoms with Crippen molar-refractivity contribution in [1.82, 2.24) is 0 Å². The molecular weight excluding hydrogens is 326 g/mol. The molecule has 2 aromatic rings. The predicted molar refractivity (Wildman–Crippen MR) is 87.5 cm³/mol. The normalized spacial score (nSPS) is 26.9. The van der Waals surface area contributed by atoms with Crippen molar-refractivity contribution in [3.63, 3.8) is 0 Å². The number of carbonyl (C=O) groups excluding carboxylic acids is 1. The minimum atomic E-state index is -0.572. The highest BCUT2D eigenvalue weighted by molar-refractivity contribution is 9.10. The Kier molecular flexibility index (Phi) is 2.93. The van der Waals surface area contributed by atoms with Crippen LogP contribution in [0.2, 0.25) is 0 Å². The summed E-state index contributed by atoms with van der Waals surface area (Å²) in [7, 11) is 0. The van der Waals surface area contributed by atoms with Crippen LogP contribution in [0.3, 0.4) is 0 Å². The van der Waals surface area contributed by atoms with Crippen LogP contribution in [0.15, 0.2) is 53.0 Å². The summed E-state index contributed by atoms with van der Waals surface area (Å²) in [6.07, 6.45) is 2.46.